The van der Waals surface area contributed by atoms with Gasteiger partial charge >= 0.3 is 0 Å². The number of anilines is 2. The van der Waals surface area contributed by atoms with Crippen molar-refractivity contribution in [3.63, 3.8) is 0 Å². The van der Waals surface area contributed by atoms with E-state index in [0.29, 0.717) is 22.2 Å². The van der Waals surface area contributed by atoms with E-state index >= 15 is 0 Å². The molecule has 0 aliphatic carbocycles. The number of rotatable bonds is 11. The second-order valence-corrected chi connectivity index (χ2v) is 15.7. The number of likely N-dealkylation sites (tertiary alicyclic amines) is 1. The third-order valence-electron chi connectivity index (χ3n) is 9.11. The molecule has 3 aromatic rings. The summed E-state index contributed by atoms with van der Waals surface area (Å²) in [5.41, 5.74) is 3.97. The average molecular weight is 705 g/mol. The highest BCUT2D eigenvalue weighted by Crippen LogP contribution is 2.30. The third kappa shape index (κ3) is 9.86. The Kier molecular flexibility index (Phi) is 11.3. The quantitative estimate of drug-likeness (QED) is 0.146. The van der Waals surface area contributed by atoms with Crippen LogP contribution in [0, 0.1) is 0 Å². The number of hydrogen-bond donors (Lipinski definition) is 5. The molecule has 49 heavy (non-hydrogen) atoms. The van der Waals surface area contributed by atoms with Crippen LogP contribution in [0.3, 0.4) is 0 Å². The number of benzene rings is 3. The van der Waals surface area contributed by atoms with Crippen LogP contribution < -0.4 is 20.3 Å². The normalized spacial score (nSPS) is 20.5. The summed E-state index contributed by atoms with van der Waals surface area (Å²) in [6, 6.07) is 23.7. The molecule has 260 valence electrons. The molecule has 3 aliphatic rings. The summed E-state index contributed by atoms with van der Waals surface area (Å²) in [5.74, 6) is -0.305. The number of amidine groups is 1. The van der Waals surface area contributed by atoms with E-state index in [1.165, 1.54) is 29.5 Å². The summed E-state index contributed by atoms with van der Waals surface area (Å²) < 4.78 is 25.4. The maximum Gasteiger partial charge on any atom is 0.264 e. The first kappa shape index (κ1) is 35.0. The van der Waals surface area contributed by atoms with Gasteiger partial charge in [0.15, 0.2) is 5.17 Å². The Labute approximate surface area is 292 Å². The van der Waals surface area contributed by atoms with Gasteiger partial charge in [-0.3, -0.25) is 19.4 Å². The molecule has 6 rings (SSSR count). The van der Waals surface area contributed by atoms with Gasteiger partial charge in [0.1, 0.15) is 5.75 Å². The molecule has 1 unspecified atom stereocenters. The molecule has 3 heterocycles. The van der Waals surface area contributed by atoms with E-state index in [1.807, 2.05) is 24.3 Å². The lowest BCUT2D eigenvalue weighted by molar-refractivity contribution is -0.115. The van der Waals surface area contributed by atoms with Crippen LogP contribution in [-0.4, -0.2) is 85.7 Å². The van der Waals surface area contributed by atoms with Crippen LogP contribution >= 0.6 is 11.8 Å². The number of hydrogen-bond acceptors (Lipinski definition) is 10. The van der Waals surface area contributed by atoms with E-state index < -0.39 is 16.1 Å². The summed E-state index contributed by atoms with van der Waals surface area (Å²) in [6.07, 6.45) is 5.84. The number of aliphatic hydroxyl groups excluding tert-OH is 1. The number of aliphatic imine (C=N–C) groups is 1. The number of phenolic OH excluding ortho intramolecular Hbond substituents is 1. The molecule has 0 bridgehead atoms. The van der Waals surface area contributed by atoms with Gasteiger partial charge in [0.2, 0.25) is 10.0 Å². The SMILES string of the molecule is CS(=O)(=O)Nc1cc(C(O)CNC2CCN(c3ccc(C=C4SC(=NC5CCN(Cc6ccccc6)CC5)NC4=O)cc3)CC2)ccc1O. The van der Waals surface area contributed by atoms with Gasteiger partial charge in [-0.05, 0) is 84.5 Å². The minimum Gasteiger partial charge on any atom is -0.506 e. The molecule has 1 amide bonds. The number of nitrogens with one attached hydrogen (secondary N) is 3. The summed E-state index contributed by atoms with van der Waals surface area (Å²) >= 11 is 1.41. The number of sulfonamides is 1. The van der Waals surface area contributed by atoms with Crippen molar-refractivity contribution in [2.75, 3.05) is 48.6 Å². The van der Waals surface area contributed by atoms with Crippen molar-refractivity contribution in [3.05, 3.63) is 94.4 Å². The number of aromatic hydroxyl groups is 1. The van der Waals surface area contributed by atoms with E-state index in [1.54, 1.807) is 6.07 Å². The van der Waals surface area contributed by atoms with Gasteiger partial charge in [-0.2, -0.15) is 0 Å². The smallest absolute Gasteiger partial charge is 0.264 e. The molecule has 11 nitrogen and oxygen atoms in total. The van der Waals surface area contributed by atoms with Crippen LogP contribution in [0.2, 0.25) is 0 Å². The van der Waals surface area contributed by atoms with E-state index in [0.717, 1.165) is 75.9 Å². The number of carbonyl (C=O) groups is 1. The molecular formula is C36H44N6O5S2. The zero-order valence-electron chi connectivity index (χ0n) is 27.6. The molecule has 0 spiro atoms. The van der Waals surface area contributed by atoms with Crippen molar-refractivity contribution >= 4 is 50.3 Å². The monoisotopic (exact) mass is 704 g/mol. The highest BCUT2D eigenvalue weighted by molar-refractivity contribution is 8.18. The predicted molar refractivity (Wildman–Crippen MR) is 197 cm³/mol. The summed E-state index contributed by atoms with van der Waals surface area (Å²) in [5, 5.41) is 27.7. The summed E-state index contributed by atoms with van der Waals surface area (Å²) in [6.45, 7) is 4.99. The van der Waals surface area contributed by atoms with Crippen molar-refractivity contribution in [2.45, 2.75) is 50.4 Å². The maximum atomic E-state index is 12.7. The van der Waals surface area contributed by atoms with Crippen molar-refractivity contribution in [3.8, 4) is 5.75 Å². The molecule has 3 aliphatic heterocycles. The Bertz CT molecular complexity index is 1770. The Balaban J connectivity index is 0.946. The highest BCUT2D eigenvalue weighted by atomic mass is 32.2. The molecular weight excluding hydrogens is 661 g/mol. The van der Waals surface area contributed by atoms with Crippen LogP contribution in [0.4, 0.5) is 11.4 Å². The van der Waals surface area contributed by atoms with Crippen molar-refractivity contribution in [1.29, 1.82) is 0 Å². The fourth-order valence-electron chi connectivity index (χ4n) is 6.42. The van der Waals surface area contributed by atoms with Gasteiger partial charge in [0, 0.05) is 51.0 Å². The van der Waals surface area contributed by atoms with Crippen LogP contribution in [0.15, 0.2) is 82.7 Å². The largest absolute Gasteiger partial charge is 0.506 e. The fourth-order valence-corrected chi connectivity index (χ4v) is 7.87. The van der Waals surface area contributed by atoms with E-state index in [9.17, 15) is 23.4 Å². The molecule has 3 saturated heterocycles. The van der Waals surface area contributed by atoms with Gasteiger partial charge in [-0.25, -0.2) is 8.42 Å². The third-order valence-corrected chi connectivity index (χ3v) is 10.6. The molecule has 5 N–H and O–H groups in total. The summed E-state index contributed by atoms with van der Waals surface area (Å²) in [4.78, 5) is 23.1. The van der Waals surface area contributed by atoms with Crippen LogP contribution in [-0.2, 0) is 21.4 Å². The number of amides is 1. The Hall–Kier alpha value is -3.88. The Morgan fingerprint density at radius 2 is 1.71 bits per heavy atom. The fraction of sp³-hybridized carbons (Fsp3) is 0.389. The topological polar surface area (TPSA) is 147 Å². The van der Waals surface area contributed by atoms with Crippen molar-refractivity contribution in [2.24, 2.45) is 4.99 Å². The minimum atomic E-state index is -3.56. The lowest BCUT2D eigenvalue weighted by Gasteiger charge is -2.34. The Morgan fingerprint density at radius 1 is 1.00 bits per heavy atom. The first-order valence-electron chi connectivity index (χ1n) is 16.7. The van der Waals surface area contributed by atoms with Gasteiger partial charge < -0.3 is 25.7 Å². The highest BCUT2D eigenvalue weighted by Gasteiger charge is 2.27. The first-order chi connectivity index (χ1) is 23.6. The minimum absolute atomic E-state index is 0.0415. The average Bonchev–Trinajstić information content (AvgIpc) is 3.43. The Morgan fingerprint density at radius 3 is 2.41 bits per heavy atom. The van der Waals surface area contributed by atoms with Crippen LogP contribution in [0.5, 0.6) is 5.75 Å². The van der Waals surface area contributed by atoms with Gasteiger partial charge in [0.05, 0.1) is 29.0 Å². The van der Waals surface area contributed by atoms with E-state index in [2.05, 4.69) is 61.6 Å². The molecule has 13 heteroatoms. The zero-order chi connectivity index (χ0) is 34.4. The number of carbonyl (C=O) groups excluding carboxylic acids is 1. The molecule has 0 saturated carbocycles. The van der Waals surface area contributed by atoms with E-state index in [-0.39, 0.29) is 29.4 Å². The maximum absolute atomic E-state index is 12.7. The van der Waals surface area contributed by atoms with E-state index in [4.69, 9.17) is 4.99 Å². The first-order valence-corrected chi connectivity index (χ1v) is 19.4. The van der Waals surface area contributed by atoms with Gasteiger partial charge in [-0.1, -0.05) is 48.5 Å². The van der Waals surface area contributed by atoms with Gasteiger partial charge in [0.25, 0.3) is 5.91 Å². The number of piperidine rings is 2. The van der Waals surface area contributed by atoms with Crippen LogP contribution in [0.1, 0.15) is 48.5 Å². The van der Waals surface area contributed by atoms with Crippen molar-refractivity contribution < 1.29 is 23.4 Å². The number of aliphatic hydroxyl groups is 1. The van der Waals surface area contributed by atoms with Crippen LogP contribution in [0.25, 0.3) is 6.08 Å². The second-order valence-electron chi connectivity index (χ2n) is 12.9. The van der Waals surface area contributed by atoms with Crippen molar-refractivity contribution in [1.82, 2.24) is 15.5 Å². The summed E-state index contributed by atoms with van der Waals surface area (Å²) in [7, 11) is -3.56. The molecule has 3 fully saturated rings. The van der Waals surface area contributed by atoms with Gasteiger partial charge in [-0.15, -0.1) is 0 Å². The number of thioether (sulfide) groups is 1. The molecule has 3 aromatic carbocycles. The predicted octanol–water partition coefficient (Wildman–Crippen LogP) is 4.28. The molecule has 0 radical (unpaired) electrons. The second kappa shape index (κ2) is 15.8. The molecule has 0 aromatic heterocycles. The number of phenols is 1. The molecule has 1 atom stereocenters. The number of nitrogens with zero attached hydrogens (tertiary/aromatic N) is 3. The lowest BCUT2D eigenvalue weighted by atomic mass is 10.0. The lowest BCUT2D eigenvalue weighted by Crippen LogP contribution is -2.43. The zero-order valence-corrected chi connectivity index (χ0v) is 29.2. The standard InChI is InChI=1S/C36H44N6O5S2/c1-49(46,47)40-31-22-27(9-12-32(31)43)33(44)23-37-28-15-19-42(20-16-28)30-10-7-25(8-11-30)21-34-35(45)39-36(48-34)38-29-13-17-41(18-14-29)24-26-5-3-2-4-6-26/h2-12,21-22,28-29,33,37,40,43-44H,13-20,23-24H2,1H3,(H,38,39,45).